The minimum Gasteiger partial charge on any atom is -0.493 e. The molecule has 32 heavy (non-hydrogen) atoms. The van der Waals surface area contributed by atoms with Crippen molar-refractivity contribution in [2.75, 3.05) is 26.1 Å². The van der Waals surface area contributed by atoms with Gasteiger partial charge in [-0.2, -0.15) is 0 Å². The molecule has 1 amide bonds. The minimum absolute atomic E-state index is 0.121. The number of aryl methyl sites for hydroxylation is 1. The van der Waals surface area contributed by atoms with E-state index in [2.05, 4.69) is 10.6 Å². The van der Waals surface area contributed by atoms with Crippen LogP contribution in [0.25, 0.3) is 6.08 Å². The summed E-state index contributed by atoms with van der Waals surface area (Å²) in [6, 6.07) is 5.34. The third kappa shape index (κ3) is 5.66. The van der Waals surface area contributed by atoms with Gasteiger partial charge >= 0.3 is 5.97 Å². The Labute approximate surface area is 196 Å². The van der Waals surface area contributed by atoms with Gasteiger partial charge in [0, 0.05) is 11.0 Å². The first-order valence-corrected chi connectivity index (χ1v) is 11.5. The zero-order valence-corrected chi connectivity index (χ0v) is 19.9. The first-order chi connectivity index (χ1) is 15.5. The highest BCUT2D eigenvalue weighted by Crippen LogP contribution is 2.38. The highest BCUT2D eigenvalue weighted by Gasteiger charge is 2.26. The van der Waals surface area contributed by atoms with Gasteiger partial charge in [-0.1, -0.05) is 6.07 Å². The summed E-state index contributed by atoms with van der Waals surface area (Å²) in [6.07, 6.45) is 6.93. The SMILES string of the molecule is CCOC(=O)c1c(NC(=S)NC(=O)/C=C\c2ccc(OC)c(OC)c2)sc2c1CCCC2. The van der Waals surface area contributed by atoms with Gasteiger partial charge in [0.15, 0.2) is 16.6 Å². The molecule has 1 aromatic carbocycles. The van der Waals surface area contributed by atoms with Gasteiger partial charge in [-0.25, -0.2) is 4.79 Å². The molecule has 170 valence electrons. The lowest BCUT2D eigenvalue weighted by Gasteiger charge is -2.12. The molecule has 3 rings (SSSR count). The van der Waals surface area contributed by atoms with E-state index in [-0.39, 0.29) is 11.1 Å². The Bertz CT molecular complexity index is 1050. The summed E-state index contributed by atoms with van der Waals surface area (Å²) in [5, 5.41) is 6.37. The van der Waals surface area contributed by atoms with Crippen molar-refractivity contribution >= 4 is 51.6 Å². The maximum atomic E-state index is 12.5. The molecule has 1 aromatic heterocycles. The molecule has 2 aromatic rings. The van der Waals surface area contributed by atoms with Crippen molar-refractivity contribution in [2.24, 2.45) is 0 Å². The lowest BCUT2D eigenvalue weighted by molar-refractivity contribution is -0.115. The van der Waals surface area contributed by atoms with Crippen LogP contribution in [0, 0.1) is 0 Å². The molecule has 0 atom stereocenters. The number of hydrogen-bond donors (Lipinski definition) is 2. The number of thiophene rings is 1. The van der Waals surface area contributed by atoms with E-state index < -0.39 is 5.91 Å². The van der Waals surface area contributed by atoms with Gasteiger partial charge in [0.2, 0.25) is 5.91 Å². The van der Waals surface area contributed by atoms with Gasteiger partial charge in [0.1, 0.15) is 5.00 Å². The second-order valence-corrected chi connectivity index (χ2v) is 8.54. The lowest BCUT2D eigenvalue weighted by atomic mass is 9.95. The van der Waals surface area contributed by atoms with E-state index in [4.69, 9.17) is 26.4 Å². The van der Waals surface area contributed by atoms with Gasteiger partial charge in [0.25, 0.3) is 0 Å². The summed E-state index contributed by atoms with van der Waals surface area (Å²) in [5.74, 6) is 0.420. The molecular formula is C23H26N2O5S2. The minimum atomic E-state index is -0.392. The van der Waals surface area contributed by atoms with Crippen molar-refractivity contribution in [3.8, 4) is 11.5 Å². The van der Waals surface area contributed by atoms with Crippen LogP contribution in [-0.2, 0) is 22.4 Å². The average Bonchev–Trinajstić information content (AvgIpc) is 3.15. The number of ether oxygens (including phenoxy) is 3. The average molecular weight is 475 g/mol. The van der Waals surface area contributed by atoms with Gasteiger partial charge < -0.3 is 19.5 Å². The standard InChI is InChI=1S/C23H26N2O5S2/c1-4-30-22(27)20-15-7-5-6-8-18(15)32-21(20)25-23(31)24-19(26)12-10-14-9-11-16(28-2)17(13-14)29-3/h9-13H,4-8H2,1-3H3,(H2,24,25,26,31)/b12-10-. The maximum absolute atomic E-state index is 12.5. The molecule has 1 heterocycles. The molecule has 2 N–H and O–H groups in total. The van der Waals surface area contributed by atoms with Gasteiger partial charge in [0.05, 0.1) is 26.4 Å². The molecule has 0 saturated carbocycles. The van der Waals surface area contributed by atoms with Crippen LogP contribution in [0.4, 0.5) is 5.00 Å². The fourth-order valence-corrected chi connectivity index (χ4v) is 5.04. The summed E-state index contributed by atoms with van der Waals surface area (Å²) < 4.78 is 15.7. The molecule has 7 nitrogen and oxygen atoms in total. The number of carbonyl (C=O) groups is 2. The molecule has 0 aliphatic heterocycles. The topological polar surface area (TPSA) is 85.9 Å². The van der Waals surface area contributed by atoms with Crippen molar-refractivity contribution in [1.82, 2.24) is 5.32 Å². The number of methoxy groups -OCH3 is 2. The van der Waals surface area contributed by atoms with E-state index in [0.29, 0.717) is 28.7 Å². The van der Waals surface area contributed by atoms with Gasteiger partial charge in [-0.05, 0) is 74.2 Å². The highest BCUT2D eigenvalue weighted by molar-refractivity contribution is 7.80. The van der Waals surface area contributed by atoms with Gasteiger partial charge in [-0.15, -0.1) is 11.3 Å². The first-order valence-electron chi connectivity index (χ1n) is 10.3. The van der Waals surface area contributed by atoms with Crippen molar-refractivity contribution in [1.29, 1.82) is 0 Å². The maximum Gasteiger partial charge on any atom is 0.341 e. The number of benzene rings is 1. The number of nitrogens with one attached hydrogen (secondary N) is 2. The molecule has 1 aliphatic rings. The second kappa shape index (κ2) is 11.1. The number of fused-ring (bicyclic) bond motifs is 1. The second-order valence-electron chi connectivity index (χ2n) is 7.03. The zero-order valence-electron chi connectivity index (χ0n) is 18.3. The Hall–Kier alpha value is -2.91. The van der Waals surface area contributed by atoms with Crippen molar-refractivity contribution in [3.63, 3.8) is 0 Å². The Morgan fingerprint density at radius 1 is 1.16 bits per heavy atom. The Morgan fingerprint density at radius 2 is 1.91 bits per heavy atom. The monoisotopic (exact) mass is 474 g/mol. The molecule has 0 bridgehead atoms. The summed E-state index contributed by atoms with van der Waals surface area (Å²) in [5.41, 5.74) is 2.33. The number of rotatable bonds is 7. The summed E-state index contributed by atoms with van der Waals surface area (Å²) in [7, 11) is 3.11. The highest BCUT2D eigenvalue weighted by atomic mass is 32.1. The molecule has 1 aliphatic carbocycles. The van der Waals surface area contributed by atoms with Crippen LogP contribution in [0.1, 0.15) is 46.1 Å². The lowest BCUT2D eigenvalue weighted by Crippen LogP contribution is -2.33. The van der Waals surface area contributed by atoms with Gasteiger partial charge in [-0.3, -0.25) is 10.1 Å². The van der Waals surface area contributed by atoms with Crippen molar-refractivity contribution < 1.29 is 23.8 Å². The van der Waals surface area contributed by atoms with Crippen LogP contribution >= 0.6 is 23.6 Å². The van der Waals surface area contributed by atoms with Crippen LogP contribution in [0.2, 0.25) is 0 Å². The number of thiocarbonyl (C=S) groups is 1. The van der Waals surface area contributed by atoms with E-state index in [1.807, 2.05) is 6.07 Å². The number of anilines is 1. The summed E-state index contributed by atoms with van der Waals surface area (Å²) >= 11 is 6.80. The first kappa shape index (κ1) is 23.7. The largest absolute Gasteiger partial charge is 0.493 e. The van der Waals surface area contributed by atoms with E-state index in [0.717, 1.165) is 36.8 Å². The fourth-order valence-electron chi connectivity index (χ4n) is 3.49. The third-order valence-corrected chi connectivity index (χ3v) is 6.36. The van der Waals surface area contributed by atoms with E-state index in [1.165, 1.54) is 22.3 Å². The predicted octanol–water partition coefficient (Wildman–Crippen LogP) is 4.35. The smallest absolute Gasteiger partial charge is 0.341 e. The normalized spacial score (nSPS) is 12.7. The quantitative estimate of drug-likeness (QED) is 0.351. The number of esters is 1. The molecule has 0 radical (unpaired) electrons. The predicted molar refractivity (Wildman–Crippen MR) is 130 cm³/mol. The fraction of sp³-hybridized carbons (Fsp3) is 0.348. The summed E-state index contributed by atoms with van der Waals surface area (Å²) in [4.78, 5) is 26.1. The van der Waals surface area contributed by atoms with Crippen LogP contribution in [-0.4, -0.2) is 37.8 Å². The molecule has 0 saturated heterocycles. The van der Waals surface area contributed by atoms with E-state index in [9.17, 15) is 9.59 Å². The molecule has 0 fully saturated rings. The number of carbonyl (C=O) groups excluding carboxylic acids is 2. The zero-order chi connectivity index (χ0) is 23.1. The van der Waals surface area contributed by atoms with E-state index >= 15 is 0 Å². The molecule has 0 unspecified atom stereocenters. The molecular weight excluding hydrogens is 448 g/mol. The number of amides is 1. The Morgan fingerprint density at radius 3 is 2.62 bits per heavy atom. The van der Waals surface area contributed by atoms with Crippen LogP contribution in [0.5, 0.6) is 11.5 Å². The molecule has 9 heteroatoms. The molecule has 0 spiro atoms. The Kier molecular flexibility index (Phi) is 8.24. The number of hydrogen-bond acceptors (Lipinski definition) is 7. The van der Waals surface area contributed by atoms with Crippen LogP contribution < -0.4 is 20.1 Å². The third-order valence-electron chi connectivity index (χ3n) is 4.95. The van der Waals surface area contributed by atoms with Crippen molar-refractivity contribution in [2.45, 2.75) is 32.6 Å². The summed E-state index contributed by atoms with van der Waals surface area (Å²) in [6.45, 7) is 2.07. The van der Waals surface area contributed by atoms with Crippen LogP contribution in [0.3, 0.4) is 0 Å². The van der Waals surface area contributed by atoms with Crippen LogP contribution in [0.15, 0.2) is 24.3 Å². The van der Waals surface area contributed by atoms with E-state index in [1.54, 1.807) is 39.4 Å². The van der Waals surface area contributed by atoms with Crippen molar-refractivity contribution in [3.05, 3.63) is 45.8 Å². The Balaban J connectivity index is 1.68.